The Morgan fingerprint density at radius 1 is 1.00 bits per heavy atom. The molecule has 0 amide bonds. The van der Waals surface area contributed by atoms with E-state index in [-0.39, 0.29) is 0 Å². The van der Waals surface area contributed by atoms with Crippen LogP contribution in [0, 0.1) is 11.3 Å². The summed E-state index contributed by atoms with van der Waals surface area (Å²) in [4.78, 5) is 0. The van der Waals surface area contributed by atoms with Crippen molar-refractivity contribution in [1.82, 2.24) is 5.32 Å². The molecular weight excluding hydrogens is 258 g/mol. The maximum atomic E-state index is 6.48. The molecule has 122 valence electrons. The highest BCUT2D eigenvalue weighted by Crippen LogP contribution is 2.52. The summed E-state index contributed by atoms with van der Waals surface area (Å²) in [5, 5.41) is 3.84. The topological polar surface area (TPSA) is 21.3 Å². The van der Waals surface area contributed by atoms with Gasteiger partial charge in [-0.1, -0.05) is 45.4 Å². The molecule has 0 heterocycles. The van der Waals surface area contributed by atoms with Crippen molar-refractivity contribution in [3.63, 3.8) is 0 Å². The van der Waals surface area contributed by atoms with Gasteiger partial charge in [-0.25, -0.2) is 0 Å². The quantitative estimate of drug-likeness (QED) is 0.768. The van der Waals surface area contributed by atoms with Gasteiger partial charge in [-0.15, -0.1) is 0 Å². The van der Waals surface area contributed by atoms with E-state index in [2.05, 4.69) is 12.2 Å². The highest BCUT2D eigenvalue weighted by atomic mass is 16.5. The molecule has 2 heteroatoms. The van der Waals surface area contributed by atoms with E-state index in [0.29, 0.717) is 11.5 Å². The van der Waals surface area contributed by atoms with Crippen molar-refractivity contribution >= 4 is 0 Å². The monoisotopic (exact) mass is 293 g/mol. The van der Waals surface area contributed by atoms with E-state index in [4.69, 9.17) is 4.74 Å². The molecule has 3 aliphatic carbocycles. The first-order chi connectivity index (χ1) is 10.3. The number of ether oxygens (including phenoxy) is 1. The lowest BCUT2D eigenvalue weighted by Crippen LogP contribution is -2.64. The minimum Gasteiger partial charge on any atom is -0.377 e. The summed E-state index contributed by atoms with van der Waals surface area (Å²) in [5.41, 5.74) is 0.490. The van der Waals surface area contributed by atoms with Crippen molar-refractivity contribution in [2.24, 2.45) is 11.3 Å². The maximum absolute atomic E-state index is 6.48. The number of nitrogens with one attached hydrogen (secondary N) is 1. The van der Waals surface area contributed by atoms with Gasteiger partial charge in [-0.2, -0.15) is 0 Å². The molecule has 3 saturated carbocycles. The van der Waals surface area contributed by atoms with Crippen LogP contribution in [0.25, 0.3) is 0 Å². The van der Waals surface area contributed by atoms with E-state index >= 15 is 0 Å². The van der Waals surface area contributed by atoms with Gasteiger partial charge in [0.2, 0.25) is 0 Å². The molecule has 1 N–H and O–H groups in total. The zero-order valence-electron chi connectivity index (χ0n) is 14.0. The average molecular weight is 293 g/mol. The van der Waals surface area contributed by atoms with Crippen LogP contribution in [0.4, 0.5) is 0 Å². The van der Waals surface area contributed by atoms with Crippen LogP contribution >= 0.6 is 0 Å². The summed E-state index contributed by atoms with van der Waals surface area (Å²) in [6, 6.07) is 0.740. The second-order valence-corrected chi connectivity index (χ2v) is 7.86. The van der Waals surface area contributed by atoms with Crippen molar-refractivity contribution in [2.45, 2.75) is 96.1 Å². The fraction of sp³-hybridized carbons (Fsp3) is 1.00. The van der Waals surface area contributed by atoms with Crippen molar-refractivity contribution in [1.29, 1.82) is 0 Å². The van der Waals surface area contributed by atoms with Crippen molar-refractivity contribution < 1.29 is 4.74 Å². The molecule has 2 nitrogen and oxygen atoms in total. The molecule has 3 rings (SSSR count). The van der Waals surface area contributed by atoms with Gasteiger partial charge >= 0.3 is 0 Å². The predicted molar refractivity (Wildman–Crippen MR) is 88.5 cm³/mol. The van der Waals surface area contributed by atoms with Gasteiger partial charge in [0.25, 0.3) is 0 Å². The van der Waals surface area contributed by atoms with Crippen LogP contribution in [0.5, 0.6) is 0 Å². The molecular formula is C19H35NO. The summed E-state index contributed by atoms with van der Waals surface area (Å²) in [6.07, 6.45) is 17.3. The van der Waals surface area contributed by atoms with Crippen LogP contribution in [0.1, 0.15) is 84.0 Å². The average Bonchev–Trinajstić information content (AvgIpc) is 2.86. The first kappa shape index (κ1) is 15.8. The van der Waals surface area contributed by atoms with E-state index in [9.17, 15) is 0 Å². The lowest BCUT2D eigenvalue weighted by molar-refractivity contribution is -0.150. The summed E-state index contributed by atoms with van der Waals surface area (Å²) < 4.78 is 6.48. The van der Waals surface area contributed by atoms with E-state index in [1.165, 1.54) is 83.6 Å². The number of rotatable bonds is 6. The van der Waals surface area contributed by atoms with Crippen LogP contribution < -0.4 is 5.32 Å². The van der Waals surface area contributed by atoms with Crippen LogP contribution in [0.3, 0.4) is 0 Å². The minimum absolute atomic E-state index is 0.490. The zero-order valence-corrected chi connectivity index (χ0v) is 14.0. The Morgan fingerprint density at radius 2 is 1.71 bits per heavy atom. The normalized spacial score (nSPS) is 33.0. The molecule has 0 aliphatic heterocycles. The first-order valence-corrected chi connectivity index (χ1v) is 9.70. The van der Waals surface area contributed by atoms with E-state index in [1.54, 1.807) is 0 Å². The third-order valence-electron chi connectivity index (χ3n) is 6.47. The van der Waals surface area contributed by atoms with Gasteiger partial charge in [-0.3, -0.25) is 0 Å². The Bertz CT molecular complexity index is 303. The van der Waals surface area contributed by atoms with Crippen molar-refractivity contribution in [3.05, 3.63) is 0 Å². The second-order valence-electron chi connectivity index (χ2n) is 7.86. The summed E-state index contributed by atoms with van der Waals surface area (Å²) in [7, 11) is 0. The van der Waals surface area contributed by atoms with Crippen LogP contribution in [-0.4, -0.2) is 25.3 Å². The van der Waals surface area contributed by atoms with Gasteiger partial charge in [0.15, 0.2) is 0 Å². The van der Waals surface area contributed by atoms with Gasteiger partial charge in [-0.05, 0) is 51.0 Å². The second kappa shape index (κ2) is 7.46. The zero-order chi connectivity index (χ0) is 14.5. The SMILES string of the molecule is CCCNC1CC(OCC2CCCC2)C12CCCCCC2. The predicted octanol–water partition coefficient (Wildman–Crippen LogP) is 4.67. The third-order valence-corrected chi connectivity index (χ3v) is 6.47. The molecule has 0 aromatic heterocycles. The highest BCUT2D eigenvalue weighted by Gasteiger charge is 2.54. The van der Waals surface area contributed by atoms with Gasteiger partial charge in [0.1, 0.15) is 0 Å². The molecule has 3 fully saturated rings. The Balaban J connectivity index is 1.56. The molecule has 0 aromatic carbocycles. The molecule has 1 spiro atoms. The third kappa shape index (κ3) is 3.47. The lowest BCUT2D eigenvalue weighted by Gasteiger charge is -2.56. The summed E-state index contributed by atoms with van der Waals surface area (Å²) in [6.45, 7) is 4.51. The maximum Gasteiger partial charge on any atom is 0.0661 e. The fourth-order valence-electron chi connectivity index (χ4n) is 5.07. The Labute approximate surface area is 131 Å². The molecule has 0 radical (unpaired) electrons. The Kier molecular flexibility index (Phi) is 5.61. The van der Waals surface area contributed by atoms with Crippen molar-refractivity contribution in [3.8, 4) is 0 Å². The molecule has 3 aliphatic rings. The van der Waals surface area contributed by atoms with Crippen LogP contribution in [0.2, 0.25) is 0 Å². The fourth-order valence-corrected chi connectivity index (χ4v) is 5.07. The van der Waals surface area contributed by atoms with E-state index < -0.39 is 0 Å². The summed E-state index contributed by atoms with van der Waals surface area (Å²) >= 11 is 0. The molecule has 0 bridgehead atoms. The lowest BCUT2D eigenvalue weighted by atomic mass is 9.57. The largest absolute Gasteiger partial charge is 0.377 e. The Morgan fingerprint density at radius 3 is 2.38 bits per heavy atom. The van der Waals surface area contributed by atoms with Crippen molar-refractivity contribution in [2.75, 3.05) is 13.2 Å². The standard InChI is InChI=1S/C19H35NO/c1-2-13-20-17-14-18(21-15-16-9-5-6-10-16)19(17)11-7-3-4-8-12-19/h16-18,20H,2-15H2,1H3. The van der Waals surface area contributed by atoms with Gasteiger partial charge in [0, 0.05) is 18.1 Å². The molecule has 0 aromatic rings. The molecule has 0 saturated heterocycles. The molecule has 2 atom stereocenters. The van der Waals surface area contributed by atoms with Crippen LogP contribution in [-0.2, 0) is 4.74 Å². The Hall–Kier alpha value is -0.0800. The van der Waals surface area contributed by atoms with Crippen LogP contribution in [0.15, 0.2) is 0 Å². The number of hydrogen-bond donors (Lipinski definition) is 1. The summed E-state index contributed by atoms with van der Waals surface area (Å²) in [5.74, 6) is 0.871. The molecule has 21 heavy (non-hydrogen) atoms. The molecule has 2 unspecified atom stereocenters. The highest BCUT2D eigenvalue weighted by molar-refractivity contribution is 5.08. The van der Waals surface area contributed by atoms with Gasteiger partial charge < -0.3 is 10.1 Å². The van der Waals surface area contributed by atoms with E-state index in [0.717, 1.165) is 18.6 Å². The van der Waals surface area contributed by atoms with E-state index in [1.807, 2.05) is 0 Å². The minimum atomic E-state index is 0.490. The smallest absolute Gasteiger partial charge is 0.0661 e. The first-order valence-electron chi connectivity index (χ1n) is 9.70. The number of hydrogen-bond acceptors (Lipinski definition) is 2. The van der Waals surface area contributed by atoms with Gasteiger partial charge in [0.05, 0.1) is 6.10 Å².